The number of rotatable bonds is 11. The van der Waals surface area contributed by atoms with E-state index < -0.39 is 33.5 Å². The number of ether oxygens (including phenoxy) is 1. The molecule has 0 spiro atoms. The van der Waals surface area contributed by atoms with Gasteiger partial charge in [-0.25, -0.2) is 8.42 Å². The van der Waals surface area contributed by atoms with Crippen LogP contribution in [0.2, 0.25) is 0 Å². The predicted octanol–water partition coefficient (Wildman–Crippen LogP) is 7.91. The number of halogens is 2. The van der Waals surface area contributed by atoms with Crippen LogP contribution in [-0.4, -0.2) is 43.5 Å². The third-order valence-electron chi connectivity index (χ3n) is 8.54. The van der Waals surface area contributed by atoms with Crippen LogP contribution in [0.15, 0.2) is 95.9 Å². The highest BCUT2D eigenvalue weighted by atomic mass is 32.2. The smallest absolute Gasteiger partial charge is 0.298 e. The van der Waals surface area contributed by atoms with Gasteiger partial charge in [0.05, 0.1) is 11.0 Å². The molecule has 3 atom stereocenters. The van der Waals surface area contributed by atoms with Crippen molar-refractivity contribution in [3.8, 4) is 16.9 Å². The highest BCUT2D eigenvalue weighted by Gasteiger charge is 2.52. The second-order valence-electron chi connectivity index (χ2n) is 11.9. The van der Waals surface area contributed by atoms with E-state index in [9.17, 15) is 13.2 Å². The SMILES string of the molecule is CCC1CCC(CC)N1C(=O)C(NS(=O)(=O)c1ccc2cc(OC(C)C)ccc2c1)C(F)(F)c1ccc(-c2ccccc2)cc1. The molecule has 1 saturated heterocycles. The first-order valence-corrected chi connectivity index (χ1v) is 17.0. The van der Waals surface area contributed by atoms with Crippen molar-refractivity contribution in [3.05, 3.63) is 96.6 Å². The number of sulfonamides is 1. The zero-order chi connectivity index (χ0) is 32.4. The Bertz CT molecular complexity index is 1730. The second-order valence-corrected chi connectivity index (χ2v) is 13.6. The fourth-order valence-electron chi connectivity index (χ4n) is 6.17. The van der Waals surface area contributed by atoms with Crippen LogP contribution >= 0.6 is 0 Å². The Kier molecular flexibility index (Phi) is 9.60. The quantitative estimate of drug-likeness (QED) is 0.182. The van der Waals surface area contributed by atoms with Crippen molar-refractivity contribution in [1.29, 1.82) is 0 Å². The maximum absolute atomic E-state index is 16.6. The largest absolute Gasteiger partial charge is 0.491 e. The van der Waals surface area contributed by atoms with Crippen molar-refractivity contribution in [3.63, 3.8) is 0 Å². The Balaban J connectivity index is 1.52. The van der Waals surface area contributed by atoms with Crippen LogP contribution in [-0.2, 0) is 20.7 Å². The molecule has 238 valence electrons. The van der Waals surface area contributed by atoms with Crippen LogP contribution < -0.4 is 9.46 Å². The monoisotopic (exact) mass is 634 g/mol. The average molecular weight is 635 g/mol. The molecule has 5 rings (SSSR count). The van der Waals surface area contributed by atoms with Gasteiger partial charge >= 0.3 is 0 Å². The zero-order valence-corrected chi connectivity index (χ0v) is 26.9. The van der Waals surface area contributed by atoms with Crippen LogP contribution in [0, 0.1) is 0 Å². The standard InChI is InChI=1S/C36H40F2N2O4S/c1-5-30-18-19-31(6-2)40(30)35(41)34(36(37,38)29-16-12-26(13-17-29)25-10-8-7-9-11-25)39-45(42,43)33-21-15-27-22-32(44-24(3)4)20-14-28(27)23-33/h7-17,20-24,30-31,34,39H,5-6,18-19H2,1-4H3. The summed E-state index contributed by atoms with van der Waals surface area (Å²) in [6.45, 7) is 7.64. The summed E-state index contributed by atoms with van der Waals surface area (Å²) in [5.74, 6) is -4.13. The Morgan fingerprint density at radius 1 is 0.867 bits per heavy atom. The molecule has 0 aromatic heterocycles. The van der Waals surface area contributed by atoms with E-state index in [0.717, 1.165) is 16.5 Å². The first-order chi connectivity index (χ1) is 21.4. The number of fused-ring (bicyclic) bond motifs is 1. The molecule has 4 aromatic carbocycles. The second kappa shape index (κ2) is 13.3. The van der Waals surface area contributed by atoms with Crippen LogP contribution in [0.3, 0.4) is 0 Å². The predicted molar refractivity (Wildman–Crippen MR) is 174 cm³/mol. The Morgan fingerprint density at radius 2 is 1.44 bits per heavy atom. The van der Waals surface area contributed by atoms with Gasteiger partial charge in [-0.1, -0.05) is 80.6 Å². The van der Waals surface area contributed by atoms with E-state index in [-0.39, 0.29) is 23.1 Å². The molecule has 1 aliphatic rings. The summed E-state index contributed by atoms with van der Waals surface area (Å²) < 4.78 is 68.7. The van der Waals surface area contributed by atoms with Gasteiger partial charge in [0.1, 0.15) is 5.75 Å². The molecule has 4 aromatic rings. The minimum Gasteiger partial charge on any atom is -0.491 e. The van der Waals surface area contributed by atoms with E-state index in [1.54, 1.807) is 36.4 Å². The first kappa shape index (κ1) is 32.6. The fourth-order valence-corrected chi connectivity index (χ4v) is 7.40. The number of nitrogens with zero attached hydrogens (tertiary/aromatic N) is 1. The van der Waals surface area contributed by atoms with Crippen LogP contribution in [0.25, 0.3) is 21.9 Å². The zero-order valence-electron chi connectivity index (χ0n) is 26.0. The van der Waals surface area contributed by atoms with Crippen molar-refractivity contribution in [1.82, 2.24) is 9.62 Å². The number of hydrogen-bond donors (Lipinski definition) is 1. The Hall–Kier alpha value is -3.82. The van der Waals surface area contributed by atoms with Gasteiger partial charge < -0.3 is 9.64 Å². The molecule has 45 heavy (non-hydrogen) atoms. The van der Waals surface area contributed by atoms with Gasteiger partial charge in [0.15, 0.2) is 6.04 Å². The molecule has 1 fully saturated rings. The third-order valence-corrected chi connectivity index (χ3v) is 9.96. The van der Waals surface area contributed by atoms with E-state index in [0.29, 0.717) is 36.8 Å². The van der Waals surface area contributed by atoms with E-state index >= 15 is 8.78 Å². The Morgan fingerprint density at radius 3 is 2.04 bits per heavy atom. The number of carbonyl (C=O) groups is 1. The van der Waals surface area contributed by atoms with Crippen LogP contribution in [0.5, 0.6) is 5.75 Å². The molecular formula is C36H40F2N2O4S. The lowest BCUT2D eigenvalue weighted by Gasteiger charge is -2.36. The van der Waals surface area contributed by atoms with Gasteiger partial charge in [-0.05, 0) is 85.7 Å². The lowest BCUT2D eigenvalue weighted by atomic mass is 9.96. The molecule has 0 radical (unpaired) electrons. The summed E-state index contributed by atoms with van der Waals surface area (Å²) in [5, 5.41) is 1.33. The summed E-state index contributed by atoms with van der Waals surface area (Å²) >= 11 is 0. The van der Waals surface area contributed by atoms with E-state index in [2.05, 4.69) is 4.72 Å². The van der Waals surface area contributed by atoms with Gasteiger partial charge in [-0.3, -0.25) is 4.79 Å². The number of hydrogen-bond acceptors (Lipinski definition) is 4. The van der Waals surface area contributed by atoms with E-state index in [4.69, 9.17) is 4.74 Å². The number of amides is 1. The lowest BCUT2D eigenvalue weighted by Crippen LogP contribution is -2.58. The molecule has 1 aliphatic heterocycles. The summed E-state index contributed by atoms with van der Waals surface area (Å²) in [5.41, 5.74) is 1.14. The van der Waals surface area contributed by atoms with Gasteiger partial charge in [-0.2, -0.15) is 13.5 Å². The van der Waals surface area contributed by atoms with Crippen molar-refractivity contribution in [2.75, 3.05) is 0 Å². The molecule has 1 amide bonds. The van der Waals surface area contributed by atoms with Gasteiger partial charge in [0.25, 0.3) is 5.92 Å². The highest BCUT2D eigenvalue weighted by Crippen LogP contribution is 2.38. The highest BCUT2D eigenvalue weighted by molar-refractivity contribution is 7.89. The number of carbonyl (C=O) groups excluding carboxylic acids is 1. The third kappa shape index (κ3) is 6.89. The number of likely N-dealkylation sites (tertiary alicyclic amines) is 1. The van der Waals surface area contributed by atoms with Crippen molar-refractivity contribution >= 4 is 26.7 Å². The number of nitrogens with one attached hydrogen (secondary N) is 1. The molecular weight excluding hydrogens is 594 g/mol. The summed E-state index contributed by atoms with van der Waals surface area (Å²) in [6, 6.07) is 21.8. The molecule has 1 N–H and O–H groups in total. The van der Waals surface area contributed by atoms with Crippen molar-refractivity contribution < 1.29 is 26.7 Å². The molecule has 0 saturated carbocycles. The number of benzene rings is 4. The van der Waals surface area contributed by atoms with Crippen LogP contribution in [0.1, 0.15) is 58.9 Å². The normalized spacial score (nSPS) is 18.0. The van der Waals surface area contributed by atoms with Crippen LogP contribution in [0.4, 0.5) is 8.78 Å². The topological polar surface area (TPSA) is 75.7 Å². The number of alkyl halides is 2. The summed E-state index contributed by atoms with van der Waals surface area (Å²) in [6.07, 6.45) is 2.51. The van der Waals surface area contributed by atoms with E-state index in [1.807, 2.05) is 58.0 Å². The van der Waals surface area contributed by atoms with Gasteiger partial charge in [-0.15, -0.1) is 0 Å². The summed E-state index contributed by atoms with van der Waals surface area (Å²) in [4.78, 5) is 15.4. The minimum absolute atomic E-state index is 0.0350. The molecule has 3 unspecified atom stereocenters. The summed E-state index contributed by atoms with van der Waals surface area (Å²) in [7, 11) is -4.55. The molecule has 6 nitrogen and oxygen atoms in total. The maximum atomic E-state index is 16.6. The van der Waals surface area contributed by atoms with Crippen molar-refractivity contribution in [2.24, 2.45) is 0 Å². The first-order valence-electron chi connectivity index (χ1n) is 15.5. The molecule has 1 heterocycles. The van der Waals surface area contributed by atoms with Crippen molar-refractivity contribution in [2.45, 2.75) is 88.4 Å². The van der Waals surface area contributed by atoms with Gasteiger partial charge in [0, 0.05) is 17.6 Å². The maximum Gasteiger partial charge on any atom is 0.298 e. The van der Waals surface area contributed by atoms with Gasteiger partial charge in [0.2, 0.25) is 15.9 Å². The lowest BCUT2D eigenvalue weighted by molar-refractivity contribution is -0.147. The average Bonchev–Trinajstić information content (AvgIpc) is 3.46. The molecule has 0 bridgehead atoms. The molecule has 9 heteroatoms. The van der Waals surface area contributed by atoms with E-state index in [1.165, 1.54) is 29.2 Å². The Labute approximate surface area is 264 Å². The molecule has 0 aliphatic carbocycles. The minimum atomic E-state index is -4.55. The fraction of sp³-hybridized carbons (Fsp3) is 0.361.